The maximum Gasteiger partial charge on any atom is 0.243 e. The molecular weight excluding hydrogens is 396 g/mol. The van der Waals surface area contributed by atoms with Gasteiger partial charge in [-0.05, 0) is 42.5 Å². The minimum atomic E-state index is -0.550. The smallest absolute Gasteiger partial charge is 0.243 e. The first-order valence-corrected chi connectivity index (χ1v) is 11.3. The number of hydrogen-bond donors (Lipinski definition) is 1. The highest BCUT2D eigenvalue weighted by Gasteiger charge is 2.31. The minimum absolute atomic E-state index is 0.0000198. The van der Waals surface area contributed by atoms with E-state index >= 15 is 0 Å². The molecule has 1 N–H and O–H groups in total. The van der Waals surface area contributed by atoms with Crippen LogP contribution in [0.3, 0.4) is 0 Å². The van der Waals surface area contributed by atoms with Crippen molar-refractivity contribution in [3.8, 4) is 0 Å². The molecule has 1 saturated carbocycles. The predicted molar refractivity (Wildman–Crippen MR) is 121 cm³/mol. The number of carbonyl (C=O) groups excluding carboxylic acids is 2. The van der Waals surface area contributed by atoms with Gasteiger partial charge in [-0.25, -0.2) is 0 Å². The summed E-state index contributed by atoms with van der Waals surface area (Å²) in [4.78, 5) is 28.2. The zero-order valence-electron chi connectivity index (χ0n) is 17.6. The number of hydrogen-bond acceptors (Lipinski definition) is 2. The number of nitrogens with zero attached hydrogens (tertiary/aromatic N) is 1. The third-order valence-electron chi connectivity index (χ3n) is 5.68. The Labute approximate surface area is 184 Å². The normalized spacial score (nSPS) is 15.0. The molecule has 30 heavy (non-hydrogen) atoms. The Morgan fingerprint density at radius 3 is 2.43 bits per heavy atom. The van der Waals surface area contributed by atoms with Gasteiger partial charge >= 0.3 is 0 Å². The van der Waals surface area contributed by atoms with Crippen LogP contribution in [0, 0.1) is 0 Å². The van der Waals surface area contributed by atoms with Gasteiger partial charge in [0.15, 0.2) is 0 Å². The number of nitrogens with one attached hydrogen (secondary N) is 1. The molecule has 0 aliphatic heterocycles. The van der Waals surface area contributed by atoms with E-state index in [-0.39, 0.29) is 17.9 Å². The van der Waals surface area contributed by atoms with Gasteiger partial charge in [-0.2, -0.15) is 0 Å². The van der Waals surface area contributed by atoms with E-state index in [0.717, 1.165) is 43.2 Å². The van der Waals surface area contributed by atoms with Crippen molar-refractivity contribution < 1.29 is 9.59 Å². The Morgan fingerprint density at radius 1 is 1.07 bits per heavy atom. The van der Waals surface area contributed by atoms with Crippen molar-refractivity contribution in [3.05, 3.63) is 70.7 Å². The molecule has 0 saturated heterocycles. The van der Waals surface area contributed by atoms with Gasteiger partial charge in [0.2, 0.25) is 11.8 Å². The molecule has 3 rings (SSSR count). The van der Waals surface area contributed by atoms with Gasteiger partial charge in [0, 0.05) is 30.5 Å². The average molecular weight is 427 g/mol. The second kappa shape index (κ2) is 11.2. The zero-order valence-corrected chi connectivity index (χ0v) is 18.4. The molecule has 0 heterocycles. The maximum absolute atomic E-state index is 13.4. The highest BCUT2D eigenvalue weighted by Crippen LogP contribution is 2.21. The summed E-state index contributed by atoms with van der Waals surface area (Å²) in [6.45, 7) is 2.36. The lowest BCUT2D eigenvalue weighted by Gasteiger charge is -2.32. The molecule has 0 spiro atoms. The lowest BCUT2D eigenvalue weighted by atomic mass is 10.0. The fraction of sp³-hybridized carbons (Fsp3) is 0.440. The topological polar surface area (TPSA) is 49.4 Å². The molecule has 2 aromatic rings. The Hall–Kier alpha value is -2.33. The molecule has 2 amide bonds. The molecule has 1 aliphatic carbocycles. The molecule has 5 heteroatoms. The van der Waals surface area contributed by atoms with Gasteiger partial charge in [-0.15, -0.1) is 0 Å². The van der Waals surface area contributed by atoms with Crippen LogP contribution in [0.5, 0.6) is 0 Å². The number of halogens is 1. The summed E-state index contributed by atoms with van der Waals surface area (Å²) in [6, 6.07) is 17.1. The summed E-state index contributed by atoms with van der Waals surface area (Å²) >= 11 is 6.17. The van der Waals surface area contributed by atoms with Crippen molar-refractivity contribution in [2.75, 3.05) is 0 Å². The standard InChI is InChI=1S/C25H31ClN2O2/c1-2-9-24(29)28(18-20-12-8-13-21(26)16-20)23(17-19-10-4-3-5-11-19)25(30)27-22-14-6-7-15-22/h3-5,8,10-13,16,22-23H,2,6-7,9,14-15,17-18H2,1H3,(H,27,30). The molecule has 1 aliphatic rings. The maximum atomic E-state index is 13.4. The molecule has 0 radical (unpaired) electrons. The highest BCUT2D eigenvalue weighted by molar-refractivity contribution is 6.30. The quantitative estimate of drug-likeness (QED) is 0.603. The molecule has 160 valence electrons. The van der Waals surface area contributed by atoms with E-state index in [4.69, 9.17) is 11.6 Å². The molecule has 1 atom stereocenters. The Bertz CT molecular complexity index is 834. The summed E-state index contributed by atoms with van der Waals surface area (Å²) in [5, 5.41) is 3.84. The van der Waals surface area contributed by atoms with Crippen LogP contribution in [-0.2, 0) is 22.6 Å². The number of carbonyl (C=O) groups is 2. The van der Waals surface area contributed by atoms with Crippen LogP contribution in [0.15, 0.2) is 54.6 Å². The van der Waals surface area contributed by atoms with Gasteiger partial charge in [-0.3, -0.25) is 9.59 Å². The molecule has 0 bridgehead atoms. The van der Waals surface area contributed by atoms with Crippen LogP contribution in [0.2, 0.25) is 5.02 Å². The average Bonchev–Trinajstić information content (AvgIpc) is 3.24. The molecule has 1 unspecified atom stereocenters. The monoisotopic (exact) mass is 426 g/mol. The van der Waals surface area contributed by atoms with Gasteiger partial charge < -0.3 is 10.2 Å². The first-order valence-electron chi connectivity index (χ1n) is 10.9. The van der Waals surface area contributed by atoms with E-state index in [1.54, 1.807) is 4.90 Å². The number of benzene rings is 2. The summed E-state index contributed by atoms with van der Waals surface area (Å²) in [5.41, 5.74) is 1.98. The summed E-state index contributed by atoms with van der Waals surface area (Å²) in [6.07, 6.45) is 5.98. The zero-order chi connectivity index (χ0) is 21.3. The lowest BCUT2D eigenvalue weighted by molar-refractivity contribution is -0.141. The Morgan fingerprint density at radius 2 is 1.77 bits per heavy atom. The molecule has 4 nitrogen and oxygen atoms in total. The van der Waals surface area contributed by atoms with Crippen molar-refractivity contribution in [2.24, 2.45) is 0 Å². The SMILES string of the molecule is CCCC(=O)N(Cc1cccc(Cl)c1)C(Cc1ccccc1)C(=O)NC1CCCC1. The van der Waals surface area contributed by atoms with E-state index in [9.17, 15) is 9.59 Å². The predicted octanol–water partition coefficient (Wildman–Crippen LogP) is 5.14. The van der Waals surface area contributed by atoms with Gasteiger partial charge in [0.25, 0.3) is 0 Å². The van der Waals surface area contributed by atoms with Crippen molar-refractivity contribution in [1.29, 1.82) is 0 Å². The van der Waals surface area contributed by atoms with Crippen LogP contribution in [0.25, 0.3) is 0 Å². The fourth-order valence-electron chi connectivity index (χ4n) is 4.11. The van der Waals surface area contributed by atoms with Crippen LogP contribution >= 0.6 is 11.6 Å². The second-order valence-corrected chi connectivity index (χ2v) is 8.53. The third-order valence-corrected chi connectivity index (χ3v) is 5.91. The van der Waals surface area contributed by atoms with E-state index in [1.807, 2.05) is 61.5 Å². The van der Waals surface area contributed by atoms with Crippen LogP contribution < -0.4 is 5.32 Å². The summed E-state index contributed by atoms with van der Waals surface area (Å²) in [7, 11) is 0. The molecular formula is C25H31ClN2O2. The van der Waals surface area contributed by atoms with Crippen molar-refractivity contribution in [1.82, 2.24) is 10.2 Å². The molecule has 1 fully saturated rings. The van der Waals surface area contributed by atoms with E-state index in [1.165, 1.54) is 0 Å². The van der Waals surface area contributed by atoms with Crippen molar-refractivity contribution in [3.63, 3.8) is 0 Å². The van der Waals surface area contributed by atoms with E-state index < -0.39 is 6.04 Å². The first kappa shape index (κ1) is 22.4. The largest absolute Gasteiger partial charge is 0.352 e. The first-order chi connectivity index (χ1) is 14.6. The minimum Gasteiger partial charge on any atom is -0.352 e. The van der Waals surface area contributed by atoms with E-state index in [0.29, 0.717) is 24.4 Å². The van der Waals surface area contributed by atoms with Crippen LogP contribution in [0.1, 0.15) is 56.6 Å². The van der Waals surface area contributed by atoms with Gasteiger partial charge in [-0.1, -0.05) is 73.8 Å². The summed E-state index contributed by atoms with van der Waals surface area (Å²) in [5.74, 6) is -0.0581. The van der Waals surface area contributed by atoms with Crippen molar-refractivity contribution in [2.45, 2.75) is 70.5 Å². The van der Waals surface area contributed by atoms with Crippen molar-refractivity contribution >= 4 is 23.4 Å². The van der Waals surface area contributed by atoms with E-state index in [2.05, 4.69) is 5.32 Å². The molecule has 0 aromatic heterocycles. The molecule has 2 aromatic carbocycles. The lowest BCUT2D eigenvalue weighted by Crippen LogP contribution is -2.52. The fourth-order valence-corrected chi connectivity index (χ4v) is 4.32. The third kappa shape index (κ3) is 6.33. The Balaban J connectivity index is 1.88. The number of amides is 2. The summed E-state index contributed by atoms with van der Waals surface area (Å²) < 4.78 is 0. The second-order valence-electron chi connectivity index (χ2n) is 8.10. The van der Waals surface area contributed by atoms with Gasteiger partial charge in [0.05, 0.1) is 0 Å². The Kier molecular flexibility index (Phi) is 8.32. The number of rotatable bonds is 9. The van der Waals surface area contributed by atoms with Crippen LogP contribution in [0.4, 0.5) is 0 Å². The highest BCUT2D eigenvalue weighted by atomic mass is 35.5. The van der Waals surface area contributed by atoms with Gasteiger partial charge in [0.1, 0.15) is 6.04 Å². The van der Waals surface area contributed by atoms with Crippen LogP contribution in [-0.4, -0.2) is 28.8 Å².